The maximum Gasteiger partial charge on any atom is 0.256 e. The van der Waals surface area contributed by atoms with Gasteiger partial charge < -0.3 is 23.8 Å². The average molecular weight is 886 g/mol. The van der Waals surface area contributed by atoms with Crippen LogP contribution in [0.5, 0.6) is 23.0 Å². The van der Waals surface area contributed by atoms with Crippen LogP contribution in [0.25, 0.3) is 27.5 Å². The lowest BCUT2D eigenvalue weighted by molar-refractivity contribution is 0.486. The van der Waals surface area contributed by atoms with Gasteiger partial charge in [0.05, 0.1) is 22.4 Å². The molecule has 0 N–H and O–H groups in total. The molecule has 0 atom stereocenters. The van der Waals surface area contributed by atoms with Gasteiger partial charge in [0, 0.05) is 61.1 Å². The fraction of sp³-hybridized carbons (Fsp3) is 0. The van der Waals surface area contributed by atoms with Crippen molar-refractivity contribution >= 4 is 114 Å². The molecule has 0 amide bonds. The molecular weight excluding hydrogens is 848 g/mol. The minimum atomic E-state index is -0.0702. The van der Waals surface area contributed by atoms with Gasteiger partial charge in [-0.05, 0) is 106 Å². The molecule has 15 rings (SSSR count). The van der Waals surface area contributed by atoms with Gasteiger partial charge in [0.25, 0.3) is 13.4 Å². The maximum atomic E-state index is 7.09. The van der Waals surface area contributed by atoms with Crippen LogP contribution in [0.1, 0.15) is 0 Å². The lowest BCUT2D eigenvalue weighted by atomic mass is 9.31. The van der Waals surface area contributed by atoms with E-state index in [4.69, 9.17) is 9.47 Å². The quantitative estimate of drug-likeness (QED) is 0.155. The molecule has 316 valence electrons. The van der Waals surface area contributed by atoms with E-state index < -0.39 is 0 Å². The number of benzene rings is 10. The summed E-state index contributed by atoms with van der Waals surface area (Å²) in [5, 5.41) is 2.52. The molecule has 5 nitrogen and oxygen atoms in total. The Balaban J connectivity index is 1.03. The fourth-order valence-corrected chi connectivity index (χ4v) is 12.9. The third kappa shape index (κ3) is 5.43. The molecule has 0 unspecified atom stereocenters. The third-order valence-corrected chi connectivity index (χ3v) is 15.5. The predicted octanol–water partition coefficient (Wildman–Crippen LogP) is 11.7. The number of hydrogen-bond acceptors (Lipinski definition) is 5. The lowest BCUT2D eigenvalue weighted by Crippen LogP contribution is -2.62. The summed E-state index contributed by atoms with van der Waals surface area (Å²) in [4.78, 5) is 7.18. The lowest BCUT2D eigenvalue weighted by Gasteiger charge is -2.38. The van der Waals surface area contributed by atoms with E-state index in [0.717, 1.165) is 62.8 Å². The maximum absolute atomic E-state index is 7.09. The minimum absolute atomic E-state index is 0.0523. The topological polar surface area (TPSA) is 29.9 Å². The molecule has 0 spiro atoms. The average Bonchev–Trinajstić information content (AvgIpc) is 3.75. The largest absolute Gasteiger partial charge is 0.458 e. The van der Waals surface area contributed by atoms with E-state index in [1.165, 1.54) is 64.4 Å². The summed E-state index contributed by atoms with van der Waals surface area (Å²) < 4.78 is 16.7. The van der Waals surface area contributed by atoms with Crippen molar-refractivity contribution < 1.29 is 9.47 Å². The Bertz CT molecular complexity index is 3790. The molecule has 0 saturated carbocycles. The Labute approximate surface area is 398 Å². The Morgan fingerprint density at radius 3 is 1.43 bits per heavy atom. The third-order valence-electron chi connectivity index (χ3n) is 14.3. The number of anilines is 6. The van der Waals surface area contributed by atoms with E-state index in [1.807, 2.05) is 11.8 Å². The molecule has 10 aromatic carbocycles. The Morgan fingerprint density at radius 1 is 0.382 bits per heavy atom. The van der Waals surface area contributed by atoms with Crippen molar-refractivity contribution in [2.45, 2.75) is 9.79 Å². The molecular formula is C60H37B2N3O2S. The zero-order valence-corrected chi connectivity index (χ0v) is 37.4. The number of rotatable bonds is 6. The number of ether oxygens (including phenoxy) is 2. The van der Waals surface area contributed by atoms with Gasteiger partial charge in [0.1, 0.15) is 23.0 Å². The van der Waals surface area contributed by atoms with Crippen molar-refractivity contribution in [3.63, 3.8) is 0 Å². The first-order valence-corrected chi connectivity index (χ1v) is 24.0. The molecule has 0 bridgehead atoms. The molecule has 0 fully saturated rings. The number of aromatic nitrogens is 1. The highest BCUT2D eigenvalue weighted by atomic mass is 32.2. The normalized spacial score (nSPS) is 13.1. The van der Waals surface area contributed by atoms with Crippen molar-refractivity contribution in [1.29, 1.82) is 0 Å². The Hall–Kier alpha value is -8.32. The summed E-state index contributed by atoms with van der Waals surface area (Å²) in [5.41, 5.74) is 17.3. The van der Waals surface area contributed by atoms with Gasteiger partial charge in [0.2, 0.25) is 0 Å². The first-order valence-electron chi connectivity index (χ1n) is 23.2. The first-order chi connectivity index (χ1) is 33.7. The Kier molecular flexibility index (Phi) is 8.12. The second-order valence-electron chi connectivity index (χ2n) is 18.0. The van der Waals surface area contributed by atoms with Crippen LogP contribution in [-0.4, -0.2) is 18.0 Å². The summed E-state index contributed by atoms with van der Waals surface area (Å²) in [6, 6.07) is 80.8. The highest BCUT2D eigenvalue weighted by Gasteiger charge is 2.46. The van der Waals surface area contributed by atoms with Crippen LogP contribution >= 0.6 is 11.8 Å². The second kappa shape index (κ2) is 14.6. The number of para-hydroxylation sites is 7. The second-order valence-corrected chi connectivity index (χ2v) is 19.0. The molecule has 1 aromatic heterocycles. The molecule has 11 aromatic rings. The predicted molar refractivity (Wildman–Crippen MR) is 283 cm³/mol. The van der Waals surface area contributed by atoms with Gasteiger partial charge in [0.15, 0.2) is 0 Å². The summed E-state index contributed by atoms with van der Waals surface area (Å²) in [6.07, 6.45) is 0. The highest BCUT2D eigenvalue weighted by Crippen LogP contribution is 2.49. The molecule has 0 saturated heterocycles. The van der Waals surface area contributed by atoms with Gasteiger partial charge in [-0.1, -0.05) is 151 Å². The van der Waals surface area contributed by atoms with Crippen LogP contribution in [-0.2, 0) is 0 Å². The van der Waals surface area contributed by atoms with Gasteiger partial charge in [-0.25, -0.2) is 0 Å². The van der Waals surface area contributed by atoms with E-state index in [9.17, 15) is 0 Å². The van der Waals surface area contributed by atoms with Crippen LogP contribution in [0, 0.1) is 0 Å². The zero-order valence-electron chi connectivity index (χ0n) is 36.6. The van der Waals surface area contributed by atoms with Gasteiger partial charge in [-0.2, -0.15) is 0 Å². The summed E-state index contributed by atoms with van der Waals surface area (Å²) in [6.45, 7) is -0.123. The van der Waals surface area contributed by atoms with Crippen molar-refractivity contribution in [1.82, 2.24) is 4.57 Å². The smallest absolute Gasteiger partial charge is 0.256 e. The number of hydrogen-bond donors (Lipinski definition) is 0. The number of nitrogens with zero attached hydrogens (tertiary/aromatic N) is 3. The van der Waals surface area contributed by atoms with Gasteiger partial charge in [-0.3, -0.25) is 0 Å². The molecule has 5 heterocycles. The van der Waals surface area contributed by atoms with Gasteiger partial charge in [-0.15, -0.1) is 0 Å². The van der Waals surface area contributed by atoms with Crippen molar-refractivity contribution in [2.24, 2.45) is 0 Å². The molecule has 4 aliphatic rings. The summed E-state index contributed by atoms with van der Waals surface area (Å²) in [5.74, 6) is 3.55. The number of fused-ring (bicyclic) bond motifs is 12. The standard InChI is InChI=1S/C60H37B2N3O2S/c1-5-19-38(20-6-1)63(39-21-7-2-8-22-39)42-33-50-57-53(34-42)66-51-31-17-14-28-45(51)61(57)47-37-48-60(56-44-27-13-16-30-49(44)65(50)59(47)56)68-55-36-43(35-54-58(55)62(48)46-29-15-18-32-52(46)67-54)64(40-23-9-3-10-24-40)41-25-11-4-12-26-41/h1-37H. The SMILES string of the molecule is c1ccc(N(c2ccccc2)c2cc3c4c(c2)Sc2c(cc5c6c2c2ccccc2n6-c2cc(N(c6ccccc6)c6ccccc6)cc6c2B5c2ccccc2O6)B4c2ccccc2O3)cc1. The zero-order chi connectivity index (χ0) is 44.5. The minimum Gasteiger partial charge on any atom is -0.458 e. The van der Waals surface area contributed by atoms with E-state index in [0.29, 0.717) is 0 Å². The monoisotopic (exact) mass is 885 g/mol. The molecule has 0 aliphatic carbocycles. The fourth-order valence-electron chi connectivity index (χ4n) is 11.6. The molecule has 68 heavy (non-hydrogen) atoms. The summed E-state index contributed by atoms with van der Waals surface area (Å²) >= 11 is 1.89. The van der Waals surface area contributed by atoms with E-state index >= 15 is 0 Å². The van der Waals surface area contributed by atoms with Crippen LogP contribution in [0.15, 0.2) is 234 Å². The van der Waals surface area contributed by atoms with Crippen LogP contribution in [0.2, 0.25) is 0 Å². The van der Waals surface area contributed by atoms with Crippen LogP contribution in [0.3, 0.4) is 0 Å². The first kappa shape index (κ1) is 37.9. The van der Waals surface area contributed by atoms with Crippen molar-refractivity contribution in [3.8, 4) is 28.7 Å². The van der Waals surface area contributed by atoms with Crippen molar-refractivity contribution in [3.05, 3.63) is 224 Å². The van der Waals surface area contributed by atoms with Crippen LogP contribution < -0.4 is 52.1 Å². The Morgan fingerprint density at radius 2 is 0.853 bits per heavy atom. The van der Waals surface area contributed by atoms with Crippen molar-refractivity contribution in [2.75, 3.05) is 9.80 Å². The van der Waals surface area contributed by atoms with E-state index in [-0.39, 0.29) is 13.4 Å². The molecule has 4 aliphatic heterocycles. The van der Waals surface area contributed by atoms with E-state index in [2.05, 4.69) is 239 Å². The van der Waals surface area contributed by atoms with Crippen LogP contribution in [0.4, 0.5) is 34.1 Å². The molecule has 0 radical (unpaired) electrons. The summed E-state index contributed by atoms with van der Waals surface area (Å²) in [7, 11) is 0. The molecule has 8 heteroatoms. The highest BCUT2D eigenvalue weighted by molar-refractivity contribution is 8.00. The van der Waals surface area contributed by atoms with E-state index in [1.54, 1.807) is 0 Å². The van der Waals surface area contributed by atoms with Gasteiger partial charge >= 0.3 is 0 Å².